The van der Waals surface area contributed by atoms with Crippen molar-refractivity contribution in [3.05, 3.63) is 22.4 Å². The maximum absolute atomic E-state index is 12.1. The fraction of sp³-hybridized carbons (Fsp3) is 0.500. The molecule has 104 valence electrons. The van der Waals surface area contributed by atoms with Crippen LogP contribution in [0, 0.1) is 10.1 Å². The fourth-order valence-electron chi connectivity index (χ4n) is 2.07. The van der Waals surface area contributed by atoms with E-state index in [0.717, 1.165) is 37.9 Å². The number of nitrogens with two attached hydrogens (primary N) is 1. The van der Waals surface area contributed by atoms with Crippen LogP contribution in [0.5, 0.6) is 0 Å². The van der Waals surface area contributed by atoms with Crippen molar-refractivity contribution in [2.75, 3.05) is 5.73 Å². The van der Waals surface area contributed by atoms with Crippen LogP contribution in [-0.2, 0) is 10.0 Å². The molecule has 1 aliphatic carbocycles. The van der Waals surface area contributed by atoms with Gasteiger partial charge in [-0.15, -0.1) is 0 Å². The Labute approximate surface area is 110 Å². The van der Waals surface area contributed by atoms with Crippen LogP contribution < -0.4 is 10.5 Å². The SMILES string of the molecule is Nc1ncc(S(=O)(=O)NC2CCCC2)cc1[N+](=O)[O-]. The number of sulfonamides is 1. The van der Waals surface area contributed by atoms with Gasteiger partial charge in [0.2, 0.25) is 15.8 Å². The molecule has 2 rings (SSSR count). The lowest BCUT2D eigenvalue weighted by Gasteiger charge is -2.12. The van der Waals surface area contributed by atoms with Crippen LogP contribution in [0.1, 0.15) is 25.7 Å². The fourth-order valence-corrected chi connectivity index (χ4v) is 3.34. The Kier molecular flexibility index (Phi) is 3.67. The normalized spacial score (nSPS) is 16.6. The predicted molar refractivity (Wildman–Crippen MR) is 67.9 cm³/mol. The summed E-state index contributed by atoms with van der Waals surface area (Å²) >= 11 is 0. The highest BCUT2D eigenvalue weighted by molar-refractivity contribution is 7.89. The minimum absolute atomic E-state index is 0.110. The molecule has 1 fully saturated rings. The van der Waals surface area contributed by atoms with Gasteiger partial charge in [0.05, 0.1) is 4.92 Å². The van der Waals surface area contributed by atoms with Gasteiger partial charge >= 0.3 is 5.69 Å². The molecule has 0 unspecified atom stereocenters. The van der Waals surface area contributed by atoms with Crippen molar-refractivity contribution in [3.8, 4) is 0 Å². The summed E-state index contributed by atoms with van der Waals surface area (Å²) in [6, 6.07) is 0.821. The number of nitrogens with one attached hydrogen (secondary N) is 1. The maximum atomic E-state index is 12.1. The summed E-state index contributed by atoms with van der Waals surface area (Å²) in [5.41, 5.74) is 4.82. The molecular formula is C10H14N4O4S. The van der Waals surface area contributed by atoms with Gasteiger partial charge in [0.15, 0.2) is 0 Å². The number of rotatable bonds is 4. The highest BCUT2D eigenvalue weighted by atomic mass is 32.2. The predicted octanol–water partition coefficient (Wildman–Crippen LogP) is 0.793. The molecule has 0 aromatic carbocycles. The van der Waals surface area contributed by atoms with Crippen molar-refractivity contribution < 1.29 is 13.3 Å². The van der Waals surface area contributed by atoms with Crippen molar-refractivity contribution in [3.63, 3.8) is 0 Å². The van der Waals surface area contributed by atoms with E-state index in [1.807, 2.05) is 0 Å². The van der Waals surface area contributed by atoms with E-state index in [1.54, 1.807) is 0 Å². The number of nitrogen functional groups attached to an aromatic ring is 1. The van der Waals surface area contributed by atoms with Gasteiger partial charge in [-0.3, -0.25) is 10.1 Å². The molecule has 1 aliphatic rings. The summed E-state index contributed by atoms with van der Waals surface area (Å²) in [7, 11) is -3.79. The lowest BCUT2D eigenvalue weighted by molar-refractivity contribution is -0.384. The average Bonchev–Trinajstić information content (AvgIpc) is 2.80. The third-order valence-electron chi connectivity index (χ3n) is 3.06. The first-order valence-electron chi connectivity index (χ1n) is 5.82. The van der Waals surface area contributed by atoms with Gasteiger partial charge in [0.25, 0.3) is 0 Å². The molecule has 0 atom stereocenters. The van der Waals surface area contributed by atoms with E-state index in [4.69, 9.17) is 5.73 Å². The Morgan fingerprint density at radius 3 is 2.63 bits per heavy atom. The lowest BCUT2D eigenvalue weighted by Crippen LogP contribution is -2.32. The lowest BCUT2D eigenvalue weighted by atomic mass is 10.3. The molecule has 0 saturated heterocycles. The second-order valence-electron chi connectivity index (χ2n) is 4.44. The summed E-state index contributed by atoms with van der Waals surface area (Å²) in [5, 5.41) is 10.7. The first-order valence-corrected chi connectivity index (χ1v) is 7.31. The third-order valence-corrected chi connectivity index (χ3v) is 4.54. The van der Waals surface area contributed by atoms with E-state index in [0.29, 0.717) is 0 Å². The van der Waals surface area contributed by atoms with Crippen LogP contribution in [0.25, 0.3) is 0 Å². The van der Waals surface area contributed by atoms with Gasteiger partial charge in [0.1, 0.15) is 4.90 Å². The number of nitrogens with zero attached hydrogens (tertiary/aromatic N) is 2. The Morgan fingerprint density at radius 1 is 1.42 bits per heavy atom. The molecule has 0 amide bonds. The molecule has 19 heavy (non-hydrogen) atoms. The monoisotopic (exact) mass is 286 g/mol. The second-order valence-corrected chi connectivity index (χ2v) is 6.15. The quantitative estimate of drug-likeness (QED) is 0.622. The minimum atomic E-state index is -3.79. The summed E-state index contributed by atoms with van der Waals surface area (Å²) in [4.78, 5) is 13.3. The van der Waals surface area contributed by atoms with E-state index < -0.39 is 20.6 Å². The van der Waals surface area contributed by atoms with Gasteiger partial charge in [-0.2, -0.15) is 0 Å². The standard InChI is InChI=1S/C10H14N4O4S/c11-10-9(14(15)16)5-8(6-12-10)19(17,18)13-7-3-1-2-4-7/h5-7,13H,1-4H2,(H2,11,12). The van der Waals surface area contributed by atoms with Crippen molar-refractivity contribution >= 4 is 21.5 Å². The first-order chi connectivity index (χ1) is 8.90. The zero-order chi connectivity index (χ0) is 14.0. The largest absolute Gasteiger partial charge is 0.378 e. The molecule has 1 saturated carbocycles. The Balaban J connectivity index is 2.29. The number of hydrogen-bond donors (Lipinski definition) is 2. The molecule has 0 radical (unpaired) electrons. The van der Waals surface area contributed by atoms with E-state index in [9.17, 15) is 18.5 Å². The minimum Gasteiger partial charge on any atom is -0.378 e. The highest BCUT2D eigenvalue weighted by Crippen LogP contribution is 2.24. The maximum Gasteiger partial charge on any atom is 0.312 e. The summed E-state index contributed by atoms with van der Waals surface area (Å²) in [6.07, 6.45) is 4.55. The molecule has 1 aromatic rings. The molecule has 8 nitrogen and oxygen atoms in total. The molecule has 3 N–H and O–H groups in total. The van der Waals surface area contributed by atoms with Gasteiger partial charge in [-0.25, -0.2) is 18.1 Å². The molecule has 1 aromatic heterocycles. The van der Waals surface area contributed by atoms with Crippen LogP contribution in [0.3, 0.4) is 0 Å². The highest BCUT2D eigenvalue weighted by Gasteiger charge is 2.25. The smallest absolute Gasteiger partial charge is 0.312 e. The van der Waals surface area contributed by atoms with Gasteiger partial charge in [0, 0.05) is 18.3 Å². The topological polar surface area (TPSA) is 128 Å². The van der Waals surface area contributed by atoms with Crippen LogP contribution in [-0.4, -0.2) is 24.4 Å². The Morgan fingerprint density at radius 2 is 2.05 bits per heavy atom. The van der Waals surface area contributed by atoms with Crippen molar-refractivity contribution in [2.45, 2.75) is 36.6 Å². The van der Waals surface area contributed by atoms with Crippen molar-refractivity contribution in [1.29, 1.82) is 0 Å². The van der Waals surface area contributed by atoms with Gasteiger partial charge in [-0.1, -0.05) is 12.8 Å². The summed E-state index contributed by atoms with van der Waals surface area (Å²) < 4.78 is 26.6. The van der Waals surface area contributed by atoms with E-state index in [2.05, 4.69) is 9.71 Å². The number of hydrogen-bond acceptors (Lipinski definition) is 6. The molecule has 0 aliphatic heterocycles. The Hall–Kier alpha value is -1.74. The average molecular weight is 286 g/mol. The van der Waals surface area contributed by atoms with Crippen molar-refractivity contribution in [2.24, 2.45) is 0 Å². The number of pyridine rings is 1. The van der Waals surface area contributed by atoms with Crippen LogP contribution >= 0.6 is 0 Å². The molecule has 9 heteroatoms. The zero-order valence-corrected chi connectivity index (χ0v) is 10.9. The molecular weight excluding hydrogens is 272 g/mol. The summed E-state index contributed by atoms with van der Waals surface area (Å²) in [5.74, 6) is -0.301. The van der Waals surface area contributed by atoms with Crippen molar-refractivity contribution in [1.82, 2.24) is 9.71 Å². The number of anilines is 1. The molecule has 1 heterocycles. The van der Waals surface area contributed by atoms with E-state index in [1.165, 1.54) is 0 Å². The first kappa shape index (κ1) is 13.7. The third kappa shape index (κ3) is 2.99. The number of aromatic nitrogens is 1. The van der Waals surface area contributed by atoms with E-state index in [-0.39, 0.29) is 16.8 Å². The molecule has 0 spiro atoms. The molecule has 0 bridgehead atoms. The van der Waals surface area contributed by atoms with E-state index >= 15 is 0 Å². The summed E-state index contributed by atoms with van der Waals surface area (Å²) in [6.45, 7) is 0. The second kappa shape index (κ2) is 5.10. The van der Waals surface area contributed by atoms with Gasteiger partial charge in [-0.05, 0) is 12.8 Å². The Bertz CT molecular complexity index is 596. The van der Waals surface area contributed by atoms with Crippen LogP contribution in [0.4, 0.5) is 11.5 Å². The van der Waals surface area contributed by atoms with Crippen LogP contribution in [0.15, 0.2) is 17.2 Å². The number of nitro groups is 1. The van der Waals surface area contributed by atoms with Crippen LogP contribution in [0.2, 0.25) is 0 Å². The zero-order valence-electron chi connectivity index (χ0n) is 10.1. The van der Waals surface area contributed by atoms with Gasteiger partial charge < -0.3 is 5.73 Å².